The fourth-order valence-electron chi connectivity index (χ4n) is 4.28. The number of hydrogen-bond donors (Lipinski definition) is 1. The Hall–Kier alpha value is -1.66. The summed E-state index contributed by atoms with van der Waals surface area (Å²) in [6, 6.07) is 3.96. The number of carboxylic acids is 1. The summed E-state index contributed by atoms with van der Waals surface area (Å²) in [5.41, 5.74) is 0.871. The van der Waals surface area contributed by atoms with E-state index in [1.807, 2.05) is 24.4 Å². The molecule has 1 N–H and O–H groups in total. The summed E-state index contributed by atoms with van der Waals surface area (Å²) in [5, 5.41) is 11.7. The molecule has 2 aromatic heterocycles. The summed E-state index contributed by atoms with van der Waals surface area (Å²) in [7, 11) is 0. The van der Waals surface area contributed by atoms with Crippen LogP contribution >= 0.6 is 11.3 Å². The number of hydrogen-bond acceptors (Lipinski definition) is 5. The zero-order valence-electron chi connectivity index (χ0n) is 13.8. The molecule has 4 rings (SSSR count). The monoisotopic (exact) mass is 346 g/mol. The lowest BCUT2D eigenvalue weighted by molar-refractivity contribution is -0.142. The van der Waals surface area contributed by atoms with Gasteiger partial charge in [0.05, 0.1) is 10.6 Å². The van der Waals surface area contributed by atoms with Crippen LogP contribution in [0.25, 0.3) is 10.8 Å². The first-order valence-electron chi connectivity index (χ1n) is 8.62. The van der Waals surface area contributed by atoms with Crippen LogP contribution in [-0.4, -0.2) is 33.0 Å². The van der Waals surface area contributed by atoms with Crippen molar-refractivity contribution in [2.24, 2.45) is 5.92 Å². The average Bonchev–Trinajstić information content (AvgIpc) is 3.28. The van der Waals surface area contributed by atoms with E-state index < -0.39 is 5.97 Å². The van der Waals surface area contributed by atoms with Gasteiger partial charge in [0.1, 0.15) is 11.8 Å². The summed E-state index contributed by atoms with van der Waals surface area (Å²) in [6.07, 6.45) is 5.45. The van der Waals surface area contributed by atoms with E-state index in [9.17, 15) is 9.90 Å². The van der Waals surface area contributed by atoms with Crippen molar-refractivity contribution in [3.05, 3.63) is 29.0 Å². The van der Waals surface area contributed by atoms with Crippen molar-refractivity contribution in [3.63, 3.8) is 0 Å². The van der Waals surface area contributed by atoms with Gasteiger partial charge in [0.15, 0.2) is 0 Å². The molecule has 0 amide bonds. The highest BCUT2D eigenvalue weighted by molar-refractivity contribution is 7.13. The minimum Gasteiger partial charge on any atom is -0.480 e. The summed E-state index contributed by atoms with van der Waals surface area (Å²) in [4.78, 5) is 19.6. The minimum atomic E-state index is -0.705. The van der Waals surface area contributed by atoms with Gasteiger partial charge in [-0.1, -0.05) is 18.9 Å². The maximum Gasteiger partial charge on any atom is 0.320 e. The first-order valence-corrected chi connectivity index (χ1v) is 9.50. The van der Waals surface area contributed by atoms with E-state index in [1.165, 1.54) is 12.8 Å². The van der Waals surface area contributed by atoms with E-state index in [1.54, 1.807) is 11.3 Å². The molecule has 1 aliphatic heterocycles. The van der Waals surface area contributed by atoms with Crippen LogP contribution in [-0.2, 0) is 11.3 Å². The molecule has 1 saturated carbocycles. The lowest BCUT2D eigenvalue weighted by Crippen LogP contribution is -2.41. The number of aromatic nitrogens is 1. The third-order valence-corrected chi connectivity index (χ3v) is 6.32. The maximum absolute atomic E-state index is 11.7. The van der Waals surface area contributed by atoms with Crippen LogP contribution in [0.4, 0.5) is 0 Å². The molecule has 0 aromatic carbocycles. The molecule has 3 unspecified atom stereocenters. The molecule has 1 saturated heterocycles. The molecule has 0 radical (unpaired) electrons. The van der Waals surface area contributed by atoms with Crippen molar-refractivity contribution in [3.8, 4) is 10.8 Å². The third-order valence-electron chi connectivity index (χ3n) is 5.46. The lowest BCUT2D eigenvalue weighted by Gasteiger charge is -2.32. The van der Waals surface area contributed by atoms with E-state index in [-0.39, 0.29) is 6.04 Å². The number of oxazole rings is 1. The zero-order chi connectivity index (χ0) is 16.7. The van der Waals surface area contributed by atoms with Gasteiger partial charge in [-0.25, -0.2) is 4.98 Å². The number of thiophene rings is 1. The number of likely N-dealkylation sites (tertiary alicyclic amines) is 1. The Balaban J connectivity index is 1.60. The Morgan fingerprint density at radius 1 is 1.46 bits per heavy atom. The molecule has 0 bridgehead atoms. The Bertz CT molecular complexity index is 725. The Morgan fingerprint density at radius 3 is 3.04 bits per heavy atom. The number of nitrogens with zero attached hydrogens (tertiary/aromatic N) is 2. The van der Waals surface area contributed by atoms with Crippen LogP contribution in [0.1, 0.15) is 43.6 Å². The van der Waals surface area contributed by atoms with Gasteiger partial charge in [-0.15, -0.1) is 11.3 Å². The zero-order valence-corrected chi connectivity index (χ0v) is 14.6. The van der Waals surface area contributed by atoms with Gasteiger partial charge in [-0.3, -0.25) is 9.69 Å². The number of carbonyl (C=O) groups is 1. The van der Waals surface area contributed by atoms with E-state index in [4.69, 9.17) is 4.42 Å². The standard InChI is InChI=1S/C18H22N2O3S/c1-11-13(19-17(23-11)16-7-4-8-24-16)10-20-14-6-3-2-5-12(14)9-15(20)18(21)22/h4,7-8,12,14-15H,2-3,5-6,9-10H2,1H3,(H,21,22). The second-order valence-corrected chi connectivity index (χ2v) is 7.82. The molecule has 2 aromatic rings. The Labute approximate surface area is 145 Å². The summed E-state index contributed by atoms with van der Waals surface area (Å²) in [5.74, 6) is 1.25. The smallest absolute Gasteiger partial charge is 0.320 e. The predicted molar refractivity (Wildman–Crippen MR) is 91.9 cm³/mol. The van der Waals surface area contributed by atoms with Crippen molar-refractivity contribution in [2.75, 3.05) is 0 Å². The molecule has 3 atom stereocenters. The van der Waals surface area contributed by atoms with Crippen molar-refractivity contribution >= 4 is 17.3 Å². The van der Waals surface area contributed by atoms with Crippen molar-refractivity contribution < 1.29 is 14.3 Å². The van der Waals surface area contributed by atoms with Gasteiger partial charge >= 0.3 is 5.97 Å². The van der Waals surface area contributed by atoms with Crippen LogP contribution in [0, 0.1) is 12.8 Å². The first-order chi connectivity index (χ1) is 11.6. The third kappa shape index (κ3) is 2.78. The topological polar surface area (TPSA) is 66.6 Å². The van der Waals surface area contributed by atoms with Crippen LogP contribution in [0.3, 0.4) is 0 Å². The number of aryl methyl sites for hydroxylation is 1. The Kier molecular flexibility index (Phi) is 4.18. The molecule has 2 aliphatic rings. The highest BCUT2D eigenvalue weighted by Gasteiger charge is 2.45. The van der Waals surface area contributed by atoms with E-state index in [0.717, 1.165) is 35.6 Å². The second kappa shape index (κ2) is 6.33. The first kappa shape index (κ1) is 15.8. The average molecular weight is 346 g/mol. The van der Waals surface area contributed by atoms with Crippen molar-refractivity contribution in [1.82, 2.24) is 9.88 Å². The van der Waals surface area contributed by atoms with Gasteiger partial charge in [0, 0.05) is 12.6 Å². The SMILES string of the molecule is Cc1oc(-c2cccs2)nc1CN1C(C(=O)O)CC2CCCCC21. The van der Waals surface area contributed by atoms with E-state index in [2.05, 4.69) is 9.88 Å². The molecule has 6 heteroatoms. The molecular formula is C18H22N2O3S. The highest BCUT2D eigenvalue weighted by atomic mass is 32.1. The van der Waals surface area contributed by atoms with Crippen LogP contribution in [0.2, 0.25) is 0 Å². The van der Waals surface area contributed by atoms with E-state index in [0.29, 0.717) is 24.4 Å². The molecule has 3 heterocycles. The van der Waals surface area contributed by atoms with Crippen LogP contribution in [0.15, 0.2) is 21.9 Å². The lowest BCUT2D eigenvalue weighted by atomic mass is 9.85. The highest BCUT2D eigenvalue weighted by Crippen LogP contribution is 2.41. The van der Waals surface area contributed by atoms with Gasteiger partial charge in [0.2, 0.25) is 5.89 Å². The molecule has 1 aliphatic carbocycles. The second-order valence-electron chi connectivity index (χ2n) is 6.87. The van der Waals surface area contributed by atoms with Crippen LogP contribution in [0.5, 0.6) is 0 Å². The van der Waals surface area contributed by atoms with Gasteiger partial charge in [-0.2, -0.15) is 0 Å². The molecule has 24 heavy (non-hydrogen) atoms. The van der Waals surface area contributed by atoms with Crippen molar-refractivity contribution in [2.45, 2.75) is 57.7 Å². The quantitative estimate of drug-likeness (QED) is 0.908. The van der Waals surface area contributed by atoms with Crippen molar-refractivity contribution in [1.29, 1.82) is 0 Å². The number of aliphatic carboxylic acids is 1. The maximum atomic E-state index is 11.7. The molecule has 2 fully saturated rings. The number of fused-ring (bicyclic) bond motifs is 1. The Morgan fingerprint density at radius 2 is 2.29 bits per heavy atom. The fourth-order valence-corrected chi connectivity index (χ4v) is 4.93. The molecule has 0 spiro atoms. The molecule has 128 valence electrons. The normalized spacial score (nSPS) is 27.3. The summed E-state index contributed by atoms with van der Waals surface area (Å²) < 4.78 is 5.83. The van der Waals surface area contributed by atoms with Gasteiger partial charge in [-0.05, 0) is 43.6 Å². The summed E-state index contributed by atoms with van der Waals surface area (Å²) in [6.45, 7) is 2.49. The minimum absolute atomic E-state index is 0.376. The number of rotatable bonds is 4. The van der Waals surface area contributed by atoms with E-state index >= 15 is 0 Å². The molecule has 5 nitrogen and oxygen atoms in total. The largest absolute Gasteiger partial charge is 0.480 e. The fraction of sp³-hybridized carbons (Fsp3) is 0.556. The number of carboxylic acid groups (broad SMARTS) is 1. The molecular weight excluding hydrogens is 324 g/mol. The van der Waals surface area contributed by atoms with Gasteiger partial charge < -0.3 is 9.52 Å². The van der Waals surface area contributed by atoms with Gasteiger partial charge in [0.25, 0.3) is 0 Å². The van der Waals surface area contributed by atoms with Crippen LogP contribution < -0.4 is 0 Å². The predicted octanol–water partition coefficient (Wildman–Crippen LogP) is 3.93. The summed E-state index contributed by atoms with van der Waals surface area (Å²) >= 11 is 1.60.